The van der Waals surface area contributed by atoms with Gasteiger partial charge in [-0.05, 0) is 31.7 Å². The molecule has 0 aliphatic carbocycles. The molecule has 0 unspecified atom stereocenters. The molecule has 1 aromatic heterocycles. The quantitative estimate of drug-likeness (QED) is 0.825. The number of hydrogen-bond acceptors (Lipinski definition) is 5. The highest BCUT2D eigenvalue weighted by Gasteiger charge is 2.31. The van der Waals surface area contributed by atoms with Crippen molar-refractivity contribution in [2.75, 3.05) is 13.1 Å². The van der Waals surface area contributed by atoms with Crippen LogP contribution >= 0.6 is 11.8 Å². The summed E-state index contributed by atoms with van der Waals surface area (Å²) in [4.78, 5) is 19.4. The van der Waals surface area contributed by atoms with Gasteiger partial charge in [0.1, 0.15) is 0 Å². The Bertz CT molecular complexity index is 865. The number of benzene rings is 1. The van der Waals surface area contributed by atoms with E-state index in [1.54, 1.807) is 6.20 Å². The summed E-state index contributed by atoms with van der Waals surface area (Å²) in [6.45, 7) is 5.58. The van der Waals surface area contributed by atoms with Gasteiger partial charge in [-0.25, -0.2) is 0 Å². The number of aromatic nitrogens is 2. The Morgan fingerprint density at radius 2 is 1.96 bits per heavy atom. The minimum absolute atomic E-state index is 0.128. The summed E-state index contributed by atoms with van der Waals surface area (Å²) in [5, 5.41) is 7.91. The average molecular weight is 368 g/mol. The lowest BCUT2D eigenvalue weighted by atomic mass is 10.1. The van der Waals surface area contributed by atoms with Gasteiger partial charge in [-0.3, -0.25) is 9.89 Å². The second-order valence-electron chi connectivity index (χ2n) is 6.54. The summed E-state index contributed by atoms with van der Waals surface area (Å²) in [7, 11) is 0. The summed E-state index contributed by atoms with van der Waals surface area (Å²) in [5.74, 6) is -0.197. The Morgan fingerprint density at radius 1 is 1.23 bits per heavy atom. The van der Waals surface area contributed by atoms with Gasteiger partial charge in [0, 0.05) is 24.2 Å². The minimum atomic E-state index is -0.197. The maximum atomic E-state index is 12.4. The van der Waals surface area contributed by atoms with E-state index in [0.29, 0.717) is 4.91 Å². The van der Waals surface area contributed by atoms with E-state index in [2.05, 4.69) is 20.1 Å². The maximum Gasteiger partial charge on any atom is 0.286 e. The molecular weight excluding hydrogens is 348 g/mol. The van der Waals surface area contributed by atoms with Gasteiger partial charge in [-0.2, -0.15) is 10.1 Å². The number of aromatic amines is 1. The van der Waals surface area contributed by atoms with E-state index >= 15 is 0 Å². The summed E-state index contributed by atoms with van der Waals surface area (Å²) in [5.41, 5.74) is 2.81. The number of H-pyrrole nitrogens is 1. The lowest BCUT2D eigenvalue weighted by Crippen LogP contribution is -2.47. The Labute approximate surface area is 156 Å². The smallest absolute Gasteiger partial charge is 0.286 e. The van der Waals surface area contributed by atoms with Crippen LogP contribution in [0.2, 0.25) is 0 Å². The van der Waals surface area contributed by atoms with Crippen molar-refractivity contribution in [1.82, 2.24) is 15.1 Å². The van der Waals surface area contributed by atoms with E-state index in [4.69, 9.17) is 4.74 Å². The van der Waals surface area contributed by atoms with Crippen LogP contribution in [0.15, 0.2) is 46.4 Å². The molecule has 0 spiro atoms. The van der Waals surface area contributed by atoms with Crippen LogP contribution < -0.4 is 0 Å². The molecule has 3 heterocycles. The molecule has 0 bridgehead atoms. The fourth-order valence-electron chi connectivity index (χ4n) is 3.25. The van der Waals surface area contributed by atoms with Crippen LogP contribution in [0.1, 0.15) is 19.4 Å². The molecule has 0 saturated carbocycles. The summed E-state index contributed by atoms with van der Waals surface area (Å²) < 4.78 is 5.76. The second-order valence-corrected chi connectivity index (χ2v) is 7.55. The van der Waals surface area contributed by atoms with Crippen LogP contribution in [0.3, 0.4) is 0 Å². The third-order valence-corrected chi connectivity index (χ3v) is 5.36. The minimum Gasteiger partial charge on any atom is -0.372 e. The van der Waals surface area contributed by atoms with E-state index in [1.165, 1.54) is 11.8 Å². The number of amides is 1. The number of ether oxygens (including phenoxy) is 1. The lowest BCUT2D eigenvalue weighted by molar-refractivity contribution is -0.113. The van der Waals surface area contributed by atoms with Crippen LogP contribution in [0.5, 0.6) is 0 Å². The number of rotatable bonds is 2. The Balaban J connectivity index is 1.56. The van der Waals surface area contributed by atoms with Crippen molar-refractivity contribution in [1.29, 1.82) is 0 Å². The van der Waals surface area contributed by atoms with Crippen LogP contribution in [-0.4, -0.2) is 51.5 Å². The second kappa shape index (κ2) is 7.09. The van der Waals surface area contributed by atoms with Gasteiger partial charge < -0.3 is 9.64 Å². The van der Waals surface area contributed by atoms with E-state index in [0.717, 1.165) is 35.1 Å². The van der Waals surface area contributed by atoms with Crippen LogP contribution in [0.25, 0.3) is 17.3 Å². The Morgan fingerprint density at radius 3 is 2.69 bits per heavy atom. The Hall–Kier alpha value is -2.38. The molecule has 1 fully saturated rings. The van der Waals surface area contributed by atoms with E-state index in [-0.39, 0.29) is 18.1 Å². The van der Waals surface area contributed by atoms with Crippen molar-refractivity contribution in [2.24, 2.45) is 4.99 Å². The molecule has 2 atom stereocenters. The van der Waals surface area contributed by atoms with Crippen molar-refractivity contribution >= 4 is 28.9 Å². The number of aliphatic imine (C=N–C) groups is 1. The van der Waals surface area contributed by atoms with Crippen molar-refractivity contribution in [2.45, 2.75) is 26.1 Å². The molecule has 1 aromatic carbocycles. The normalized spacial score (nSPS) is 25.0. The van der Waals surface area contributed by atoms with Gasteiger partial charge >= 0.3 is 0 Å². The first-order valence-corrected chi connectivity index (χ1v) is 9.43. The largest absolute Gasteiger partial charge is 0.372 e. The zero-order valence-corrected chi connectivity index (χ0v) is 15.5. The standard InChI is InChI=1S/C19H20N4O2S/c1-12-10-23(11-13(2)25-12)19-21-18(24)16(26-19)8-15-9-20-22-17(15)14-6-4-3-5-7-14/h3-9,12-13H,10-11H2,1-2H3,(H,20,22)/b16-8-/t12-,13-/m0/s1. The van der Waals surface area contributed by atoms with Crippen molar-refractivity contribution < 1.29 is 9.53 Å². The molecule has 2 aliphatic rings. The molecule has 0 radical (unpaired) electrons. The van der Waals surface area contributed by atoms with E-state index < -0.39 is 0 Å². The maximum absolute atomic E-state index is 12.4. The molecule has 7 heteroatoms. The average Bonchev–Trinajstić information content (AvgIpc) is 3.22. The van der Waals surface area contributed by atoms with Crippen molar-refractivity contribution in [3.05, 3.63) is 47.0 Å². The fourth-order valence-corrected chi connectivity index (χ4v) is 4.17. The third kappa shape index (κ3) is 3.45. The first kappa shape index (κ1) is 17.1. The Kier molecular flexibility index (Phi) is 4.65. The number of carbonyl (C=O) groups excluding carboxylic acids is 1. The zero-order valence-electron chi connectivity index (χ0n) is 14.7. The van der Waals surface area contributed by atoms with Crippen LogP contribution in [0.4, 0.5) is 0 Å². The highest BCUT2D eigenvalue weighted by Crippen LogP contribution is 2.33. The first-order valence-electron chi connectivity index (χ1n) is 8.62. The van der Waals surface area contributed by atoms with Crippen molar-refractivity contribution in [3.8, 4) is 11.3 Å². The molecule has 6 nitrogen and oxygen atoms in total. The summed E-state index contributed by atoms with van der Waals surface area (Å²) >= 11 is 1.42. The van der Waals surface area contributed by atoms with Crippen LogP contribution in [0, 0.1) is 0 Å². The molecule has 2 aliphatic heterocycles. The highest BCUT2D eigenvalue weighted by molar-refractivity contribution is 8.18. The number of nitrogens with one attached hydrogen (secondary N) is 1. The number of carbonyl (C=O) groups is 1. The predicted octanol–water partition coefficient (Wildman–Crippen LogP) is 3.16. The van der Waals surface area contributed by atoms with Crippen LogP contribution in [-0.2, 0) is 9.53 Å². The van der Waals surface area contributed by atoms with E-state index in [9.17, 15) is 4.79 Å². The van der Waals surface area contributed by atoms with Gasteiger partial charge in [-0.1, -0.05) is 30.3 Å². The molecule has 134 valence electrons. The SMILES string of the molecule is C[C@H]1CN(C2=NC(=O)/C(=C/c3cn[nH]c3-c3ccccc3)S2)C[C@H](C)O1. The highest BCUT2D eigenvalue weighted by atomic mass is 32.2. The van der Waals surface area contributed by atoms with Gasteiger partial charge in [0.05, 0.1) is 29.0 Å². The third-order valence-electron chi connectivity index (χ3n) is 4.32. The molecule has 26 heavy (non-hydrogen) atoms. The summed E-state index contributed by atoms with van der Waals surface area (Å²) in [6, 6.07) is 9.95. The first-order chi connectivity index (χ1) is 12.6. The number of thioether (sulfide) groups is 1. The topological polar surface area (TPSA) is 70.6 Å². The molecule has 2 aromatic rings. The fraction of sp³-hybridized carbons (Fsp3) is 0.316. The van der Waals surface area contributed by atoms with Gasteiger partial charge in [0.2, 0.25) is 0 Å². The molecule has 1 amide bonds. The lowest BCUT2D eigenvalue weighted by Gasteiger charge is -2.35. The van der Waals surface area contributed by atoms with Crippen molar-refractivity contribution in [3.63, 3.8) is 0 Å². The number of hydrogen-bond donors (Lipinski definition) is 1. The van der Waals surface area contributed by atoms with Gasteiger partial charge in [0.25, 0.3) is 5.91 Å². The molecule has 1 N–H and O–H groups in total. The predicted molar refractivity (Wildman–Crippen MR) is 104 cm³/mol. The van der Waals surface area contributed by atoms with Gasteiger partial charge in [-0.15, -0.1) is 0 Å². The zero-order chi connectivity index (χ0) is 18.1. The number of morpholine rings is 1. The molecule has 1 saturated heterocycles. The number of nitrogens with zero attached hydrogens (tertiary/aromatic N) is 3. The molecule has 4 rings (SSSR count). The van der Waals surface area contributed by atoms with E-state index in [1.807, 2.05) is 50.3 Å². The monoisotopic (exact) mass is 368 g/mol. The molecular formula is C19H20N4O2S. The summed E-state index contributed by atoms with van der Waals surface area (Å²) in [6.07, 6.45) is 3.86. The number of amidine groups is 1. The van der Waals surface area contributed by atoms with Gasteiger partial charge in [0.15, 0.2) is 5.17 Å².